The van der Waals surface area contributed by atoms with E-state index >= 15 is 0 Å². The average Bonchev–Trinajstić information content (AvgIpc) is 3.32. The molecule has 28 heavy (non-hydrogen) atoms. The third-order valence-electron chi connectivity index (χ3n) is 5.16. The van der Waals surface area contributed by atoms with E-state index in [2.05, 4.69) is 53.3 Å². The first-order valence-corrected chi connectivity index (χ1v) is 11.0. The van der Waals surface area contributed by atoms with Crippen molar-refractivity contribution >= 4 is 17.3 Å². The number of likely N-dealkylation sites (tertiary alicyclic amines) is 1. The number of nitrogens with zero attached hydrogens (tertiary/aromatic N) is 3. The van der Waals surface area contributed by atoms with Crippen LogP contribution < -0.4 is 5.32 Å². The van der Waals surface area contributed by atoms with Crippen LogP contribution in [0.25, 0.3) is 0 Å². The summed E-state index contributed by atoms with van der Waals surface area (Å²) in [5.74, 6) is 1.56. The van der Waals surface area contributed by atoms with E-state index in [-0.39, 0.29) is 0 Å². The molecule has 1 aliphatic heterocycles. The second-order valence-corrected chi connectivity index (χ2v) is 8.58. The van der Waals surface area contributed by atoms with Crippen LogP contribution in [0.4, 0.5) is 0 Å². The lowest BCUT2D eigenvalue weighted by atomic mass is 10.1. The summed E-state index contributed by atoms with van der Waals surface area (Å²) in [6, 6.07) is 10.4. The number of thiazole rings is 1. The molecule has 1 saturated heterocycles. The molecule has 6 heteroatoms. The number of hydrogen-bond donors (Lipinski definition) is 1. The summed E-state index contributed by atoms with van der Waals surface area (Å²) >= 11 is 1.82. The first kappa shape index (κ1) is 20.8. The smallest absolute Gasteiger partial charge is 0.193 e. The van der Waals surface area contributed by atoms with Crippen LogP contribution in [-0.2, 0) is 24.2 Å². The van der Waals surface area contributed by atoms with Gasteiger partial charge in [0, 0.05) is 43.9 Å². The van der Waals surface area contributed by atoms with Crippen molar-refractivity contribution in [3.05, 3.63) is 51.5 Å². The summed E-state index contributed by atoms with van der Waals surface area (Å²) in [5.41, 5.74) is 2.47. The Kier molecular flexibility index (Phi) is 7.86. The van der Waals surface area contributed by atoms with E-state index in [4.69, 9.17) is 9.72 Å². The maximum atomic E-state index is 5.93. The van der Waals surface area contributed by atoms with Gasteiger partial charge >= 0.3 is 0 Å². The summed E-state index contributed by atoms with van der Waals surface area (Å²) in [6.07, 6.45) is 3.11. The summed E-state index contributed by atoms with van der Waals surface area (Å²) in [6.45, 7) is 8.74. The van der Waals surface area contributed by atoms with Crippen molar-refractivity contribution < 1.29 is 4.74 Å². The SMILES string of the molecule is CCc1nc(CCNC(=NC)N2CCC(COCc3ccccc3)C2)sc1C. The Morgan fingerprint density at radius 1 is 1.36 bits per heavy atom. The Balaban J connectivity index is 1.38. The molecule has 0 saturated carbocycles. The summed E-state index contributed by atoms with van der Waals surface area (Å²) in [7, 11) is 1.87. The fourth-order valence-corrected chi connectivity index (χ4v) is 4.64. The van der Waals surface area contributed by atoms with Crippen molar-refractivity contribution in [1.29, 1.82) is 0 Å². The Labute approximate surface area is 172 Å². The average molecular weight is 401 g/mol. The van der Waals surface area contributed by atoms with Gasteiger partial charge in [0.2, 0.25) is 0 Å². The zero-order chi connectivity index (χ0) is 19.8. The molecule has 1 unspecified atom stereocenters. The number of hydrogen-bond acceptors (Lipinski definition) is 4. The second-order valence-electron chi connectivity index (χ2n) is 7.29. The van der Waals surface area contributed by atoms with Gasteiger partial charge in [-0.25, -0.2) is 4.98 Å². The third kappa shape index (κ3) is 5.79. The minimum absolute atomic E-state index is 0.566. The molecule has 1 aliphatic rings. The van der Waals surface area contributed by atoms with Crippen LogP contribution in [0.5, 0.6) is 0 Å². The lowest BCUT2D eigenvalue weighted by molar-refractivity contribution is 0.0907. The van der Waals surface area contributed by atoms with Gasteiger partial charge in [-0.05, 0) is 25.3 Å². The first-order chi connectivity index (χ1) is 13.7. The highest BCUT2D eigenvalue weighted by Crippen LogP contribution is 2.19. The fourth-order valence-electron chi connectivity index (χ4n) is 3.61. The van der Waals surface area contributed by atoms with Crippen LogP contribution in [0.1, 0.15) is 34.5 Å². The molecule has 1 fully saturated rings. The largest absolute Gasteiger partial charge is 0.376 e. The van der Waals surface area contributed by atoms with Crippen molar-refractivity contribution in [2.75, 3.05) is 33.3 Å². The first-order valence-electron chi connectivity index (χ1n) is 10.2. The van der Waals surface area contributed by atoms with E-state index in [0.717, 1.165) is 51.5 Å². The van der Waals surface area contributed by atoms with E-state index < -0.39 is 0 Å². The molecule has 2 aromatic rings. The van der Waals surface area contributed by atoms with Crippen LogP contribution in [0, 0.1) is 12.8 Å². The van der Waals surface area contributed by atoms with Crippen LogP contribution in [0.15, 0.2) is 35.3 Å². The van der Waals surface area contributed by atoms with Crippen LogP contribution in [0.3, 0.4) is 0 Å². The molecular weight excluding hydrogens is 368 g/mol. The van der Waals surface area contributed by atoms with Gasteiger partial charge in [0.15, 0.2) is 5.96 Å². The predicted molar refractivity (Wildman–Crippen MR) is 117 cm³/mol. The molecule has 2 heterocycles. The molecule has 1 atom stereocenters. The molecule has 0 spiro atoms. The van der Waals surface area contributed by atoms with Gasteiger partial charge in [0.25, 0.3) is 0 Å². The number of aryl methyl sites for hydroxylation is 2. The molecule has 1 aromatic heterocycles. The second kappa shape index (κ2) is 10.6. The van der Waals surface area contributed by atoms with Gasteiger partial charge in [-0.15, -0.1) is 11.3 Å². The number of rotatable bonds is 8. The zero-order valence-electron chi connectivity index (χ0n) is 17.3. The topological polar surface area (TPSA) is 49.8 Å². The quantitative estimate of drug-likeness (QED) is 0.543. The highest BCUT2D eigenvalue weighted by molar-refractivity contribution is 7.11. The van der Waals surface area contributed by atoms with E-state index in [1.165, 1.54) is 21.1 Å². The number of ether oxygens (including phenoxy) is 1. The highest BCUT2D eigenvalue weighted by atomic mass is 32.1. The number of benzene rings is 1. The van der Waals surface area contributed by atoms with E-state index in [1.807, 2.05) is 24.5 Å². The summed E-state index contributed by atoms with van der Waals surface area (Å²) in [4.78, 5) is 12.9. The summed E-state index contributed by atoms with van der Waals surface area (Å²) < 4.78 is 5.93. The van der Waals surface area contributed by atoms with Crippen molar-refractivity contribution in [2.45, 2.75) is 39.7 Å². The van der Waals surface area contributed by atoms with E-state index in [9.17, 15) is 0 Å². The van der Waals surface area contributed by atoms with Gasteiger partial charge in [0.1, 0.15) is 0 Å². The van der Waals surface area contributed by atoms with Crippen LogP contribution >= 0.6 is 11.3 Å². The molecular formula is C22H32N4OS. The van der Waals surface area contributed by atoms with Crippen molar-refractivity contribution in [3.63, 3.8) is 0 Å². The standard InChI is InChI=1S/C22H32N4OS/c1-4-20-17(2)28-21(25-20)10-12-24-22(23-3)26-13-11-19(14-26)16-27-15-18-8-6-5-7-9-18/h5-9,19H,4,10-16H2,1-3H3,(H,23,24). The monoisotopic (exact) mass is 400 g/mol. The minimum Gasteiger partial charge on any atom is -0.376 e. The Bertz CT molecular complexity index is 759. The minimum atomic E-state index is 0.566. The molecule has 1 aromatic carbocycles. The van der Waals surface area contributed by atoms with Crippen LogP contribution in [-0.4, -0.2) is 49.1 Å². The number of aliphatic imine (C=N–C) groups is 1. The summed E-state index contributed by atoms with van der Waals surface area (Å²) in [5, 5.41) is 4.72. The molecule has 1 N–H and O–H groups in total. The molecule has 3 rings (SSSR count). The van der Waals surface area contributed by atoms with Crippen LogP contribution in [0.2, 0.25) is 0 Å². The fraction of sp³-hybridized carbons (Fsp3) is 0.545. The molecule has 5 nitrogen and oxygen atoms in total. The predicted octanol–water partition coefficient (Wildman–Crippen LogP) is 3.67. The normalized spacial score (nSPS) is 17.3. The molecule has 0 radical (unpaired) electrons. The van der Waals surface area contributed by atoms with E-state index in [1.54, 1.807) is 0 Å². The Hall–Kier alpha value is -1.92. The number of guanidine groups is 1. The Morgan fingerprint density at radius 2 is 2.18 bits per heavy atom. The molecule has 0 aliphatic carbocycles. The lowest BCUT2D eigenvalue weighted by Gasteiger charge is -2.21. The van der Waals surface area contributed by atoms with E-state index in [0.29, 0.717) is 12.5 Å². The Morgan fingerprint density at radius 3 is 2.89 bits per heavy atom. The highest BCUT2D eigenvalue weighted by Gasteiger charge is 2.25. The third-order valence-corrected chi connectivity index (χ3v) is 6.23. The maximum absolute atomic E-state index is 5.93. The van der Waals surface area contributed by atoms with Gasteiger partial charge < -0.3 is 15.0 Å². The van der Waals surface area contributed by atoms with Gasteiger partial charge in [0.05, 0.1) is 23.9 Å². The molecule has 0 amide bonds. The van der Waals surface area contributed by atoms with Gasteiger partial charge in [-0.2, -0.15) is 0 Å². The zero-order valence-corrected chi connectivity index (χ0v) is 18.1. The maximum Gasteiger partial charge on any atom is 0.193 e. The van der Waals surface area contributed by atoms with Gasteiger partial charge in [-0.1, -0.05) is 37.3 Å². The number of aromatic nitrogens is 1. The van der Waals surface area contributed by atoms with Crippen molar-refractivity contribution in [3.8, 4) is 0 Å². The lowest BCUT2D eigenvalue weighted by Crippen LogP contribution is -2.41. The van der Waals surface area contributed by atoms with Gasteiger partial charge in [-0.3, -0.25) is 4.99 Å². The van der Waals surface area contributed by atoms with Crippen molar-refractivity contribution in [1.82, 2.24) is 15.2 Å². The number of nitrogens with one attached hydrogen (secondary N) is 1. The van der Waals surface area contributed by atoms with Crippen molar-refractivity contribution in [2.24, 2.45) is 10.9 Å². The molecule has 0 bridgehead atoms. The molecule has 152 valence electrons.